The second-order valence-electron chi connectivity index (χ2n) is 7.67. The summed E-state index contributed by atoms with van der Waals surface area (Å²) in [6.07, 6.45) is -3.20. The zero-order chi connectivity index (χ0) is 25.9. The van der Waals surface area contributed by atoms with E-state index in [1.54, 1.807) is 0 Å². The number of aliphatic hydroxyl groups is 1. The molecule has 1 aliphatic rings. The molecule has 0 aromatic heterocycles. The monoisotopic (exact) mass is 490 g/mol. The van der Waals surface area contributed by atoms with E-state index in [-0.39, 0.29) is 59.0 Å². The topological polar surface area (TPSA) is 158 Å². The molecular weight excluding hydrogens is 464 g/mol. The predicted molar refractivity (Wildman–Crippen MR) is 119 cm³/mol. The van der Waals surface area contributed by atoms with Gasteiger partial charge in [-0.15, -0.1) is 0 Å². The van der Waals surface area contributed by atoms with Crippen LogP contribution in [-0.2, 0) is 31.9 Å². The van der Waals surface area contributed by atoms with Crippen LogP contribution >= 0.6 is 0 Å². The molecule has 0 saturated carbocycles. The third kappa shape index (κ3) is 4.80. The van der Waals surface area contributed by atoms with Crippen LogP contribution in [0.1, 0.15) is 39.6 Å². The van der Waals surface area contributed by atoms with Crippen molar-refractivity contribution >= 4 is 17.7 Å². The van der Waals surface area contributed by atoms with E-state index in [0.717, 1.165) is 0 Å². The lowest BCUT2D eigenvalue weighted by Crippen LogP contribution is -2.35. The number of carbonyl (C=O) groups is 3. The number of rotatable bonds is 9. The Morgan fingerprint density at radius 1 is 1.06 bits per heavy atom. The maximum Gasteiger partial charge on any atom is 0.347 e. The summed E-state index contributed by atoms with van der Waals surface area (Å²) in [6, 6.07) is 4.35. The van der Waals surface area contributed by atoms with Gasteiger partial charge in [0, 0.05) is 12.8 Å². The number of phenolic OH excluding ortho intramolecular Hbond substituents is 2. The minimum atomic E-state index is -1.74. The van der Waals surface area contributed by atoms with Gasteiger partial charge in [-0.25, -0.2) is 9.59 Å². The van der Waals surface area contributed by atoms with Crippen LogP contribution in [0.3, 0.4) is 0 Å². The van der Waals surface area contributed by atoms with E-state index in [2.05, 4.69) is 4.74 Å². The number of aliphatic hydroxyl groups excluding tert-OH is 1. The number of aromatic hydroxyl groups is 2. The summed E-state index contributed by atoms with van der Waals surface area (Å²) in [7, 11) is 5.07. The highest BCUT2D eigenvalue weighted by Gasteiger charge is 2.36. The summed E-state index contributed by atoms with van der Waals surface area (Å²) in [5.41, 5.74) is 0.460. The van der Waals surface area contributed by atoms with Crippen LogP contribution < -0.4 is 14.2 Å². The van der Waals surface area contributed by atoms with Gasteiger partial charge >= 0.3 is 11.9 Å². The van der Waals surface area contributed by atoms with Gasteiger partial charge in [0.25, 0.3) is 0 Å². The first-order valence-corrected chi connectivity index (χ1v) is 10.5. The Labute approximate surface area is 200 Å². The SMILES string of the molecule is COC(=O)C1Cc2cc(CCC(=O)C(O)c3c(OC)ccc(OC)c3O)c(O)c(OC)c2C(=O)O1. The number of ketones is 1. The van der Waals surface area contributed by atoms with Crippen molar-refractivity contribution in [1.29, 1.82) is 0 Å². The fraction of sp³-hybridized carbons (Fsp3) is 0.375. The summed E-state index contributed by atoms with van der Waals surface area (Å²) in [6.45, 7) is 0. The average molecular weight is 490 g/mol. The minimum absolute atomic E-state index is 0.0111. The van der Waals surface area contributed by atoms with Gasteiger partial charge in [-0.05, 0) is 29.7 Å². The fourth-order valence-corrected chi connectivity index (χ4v) is 3.96. The number of carbonyl (C=O) groups excluding carboxylic acids is 3. The van der Waals surface area contributed by atoms with Crippen LogP contribution in [0, 0.1) is 0 Å². The molecule has 0 amide bonds. The third-order valence-electron chi connectivity index (χ3n) is 5.74. The number of fused-ring (bicyclic) bond motifs is 1. The number of cyclic esters (lactones) is 1. The quantitative estimate of drug-likeness (QED) is 0.439. The van der Waals surface area contributed by atoms with Crippen molar-refractivity contribution in [1.82, 2.24) is 0 Å². The largest absolute Gasteiger partial charge is 0.504 e. The van der Waals surface area contributed by atoms with Crippen molar-refractivity contribution in [2.24, 2.45) is 0 Å². The molecular formula is C24H26O11. The molecule has 0 radical (unpaired) electrons. The molecule has 35 heavy (non-hydrogen) atoms. The zero-order valence-electron chi connectivity index (χ0n) is 19.6. The van der Waals surface area contributed by atoms with Crippen molar-refractivity contribution in [3.8, 4) is 28.7 Å². The first-order chi connectivity index (χ1) is 16.7. The number of Topliss-reactive ketones (excluding diaryl/α,β-unsaturated/α-hetero) is 1. The summed E-state index contributed by atoms with van der Waals surface area (Å²) in [5, 5.41) is 31.7. The van der Waals surface area contributed by atoms with Crippen molar-refractivity contribution in [3.63, 3.8) is 0 Å². The molecule has 2 aromatic carbocycles. The van der Waals surface area contributed by atoms with Crippen molar-refractivity contribution in [3.05, 3.63) is 40.5 Å². The van der Waals surface area contributed by atoms with Gasteiger partial charge in [0.05, 0.1) is 34.0 Å². The van der Waals surface area contributed by atoms with Gasteiger partial charge in [0.15, 0.2) is 28.8 Å². The summed E-state index contributed by atoms with van der Waals surface area (Å²) < 4.78 is 25.1. The molecule has 3 N–H and O–H groups in total. The Morgan fingerprint density at radius 2 is 1.71 bits per heavy atom. The maximum atomic E-state index is 12.8. The molecule has 0 fully saturated rings. The van der Waals surface area contributed by atoms with Crippen molar-refractivity contribution in [2.75, 3.05) is 28.4 Å². The van der Waals surface area contributed by atoms with E-state index in [0.29, 0.717) is 5.56 Å². The number of esters is 2. The standard InChI is InChI=1S/C24H26O11/c1-31-14-7-8-15(32-2)21(28)18(14)20(27)13(25)6-5-11-9-12-10-16(23(29)34-4)35-24(30)17(12)22(33-3)19(11)26/h7-9,16,20,26-28H,5-6,10H2,1-4H3. The predicted octanol–water partition coefficient (Wildman–Crippen LogP) is 1.61. The van der Waals surface area contributed by atoms with Gasteiger partial charge in [0.2, 0.25) is 6.10 Å². The second kappa shape index (κ2) is 10.5. The van der Waals surface area contributed by atoms with Gasteiger partial charge in [0.1, 0.15) is 17.4 Å². The Hall–Kier alpha value is -3.99. The first kappa shape index (κ1) is 25.6. The second-order valence-corrected chi connectivity index (χ2v) is 7.67. The van der Waals surface area contributed by atoms with Crippen LogP contribution in [0.25, 0.3) is 0 Å². The van der Waals surface area contributed by atoms with Crippen molar-refractivity contribution < 1.29 is 53.4 Å². The summed E-state index contributed by atoms with van der Waals surface area (Å²) in [5.74, 6) is -3.06. The Balaban J connectivity index is 1.89. The van der Waals surface area contributed by atoms with Crippen molar-refractivity contribution in [2.45, 2.75) is 31.5 Å². The molecule has 2 unspecified atom stereocenters. The smallest absolute Gasteiger partial charge is 0.347 e. The number of phenols is 2. The Bertz CT molecular complexity index is 1150. The highest BCUT2D eigenvalue weighted by Crippen LogP contribution is 2.42. The molecule has 2 aromatic rings. The third-order valence-corrected chi connectivity index (χ3v) is 5.74. The first-order valence-electron chi connectivity index (χ1n) is 10.5. The number of aryl methyl sites for hydroxylation is 1. The Morgan fingerprint density at radius 3 is 2.31 bits per heavy atom. The van der Waals surface area contributed by atoms with Crippen LogP contribution in [0.15, 0.2) is 18.2 Å². The Kier molecular flexibility index (Phi) is 7.70. The summed E-state index contributed by atoms with van der Waals surface area (Å²) in [4.78, 5) is 37.2. The zero-order valence-corrected chi connectivity index (χ0v) is 19.6. The fourth-order valence-electron chi connectivity index (χ4n) is 3.96. The van der Waals surface area contributed by atoms with Crippen LogP contribution in [0.4, 0.5) is 0 Å². The van der Waals surface area contributed by atoms with Gasteiger partial charge < -0.3 is 39.0 Å². The number of hydrogen-bond donors (Lipinski definition) is 3. The molecule has 1 aliphatic heterocycles. The molecule has 0 spiro atoms. The van der Waals surface area contributed by atoms with Crippen LogP contribution in [-0.4, -0.2) is 67.6 Å². The molecule has 0 bridgehead atoms. The van der Waals surface area contributed by atoms with E-state index >= 15 is 0 Å². The molecule has 3 rings (SSSR count). The van der Waals surface area contributed by atoms with Crippen LogP contribution in [0.2, 0.25) is 0 Å². The summed E-state index contributed by atoms with van der Waals surface area (Å²) >= 11 is 0. The van der Waals surface area contributed by atoms with Gasteiger partial charge in [-0.3, -0.25) is 4.79 Å². The molecule has 188 valence electrons. The maximum absolute atomic E-state index is 12.8. The lowest BCUT2D eigenvalue weighted by atomic mass is 9.91. The minimum Gasteiger partial charge on any atom is -0.504 e. The van der Waals surface area contributed by atoms with E-state index in [9.17, 15) is 29.7 Å². The highest BCUT2D eigenvalue weighted by molar-refractivity contribution is 5.98. The van der Waals surface area contributed by atoms with E-state index in [4.69, 9.17) is 18.9 Å². The van der Waals surface area contributed by atoms with Gasteiger partial charge in [-0.1, -0.05) is 6.07 Å². The van der Waals surface area contributed by atoms with Gasteiger partial charge in [-0.2, -0.15) is 0 Å². The normalized spacial score (nSPS) is 15.5. The highest BCUT2D eigenvalue weighted by atomic mass is 16.6. The van der Waals surface area contributed by atoms with E-state index < -0.39 is 35.7 Å². The number of hydrogen-bond acceptors (Lipinski definition) is 11. The number of methoxy groups -OCH3 is 4. The lowest BCUT2D eigenvalue weighted by molar-refractivity contribution is -0.151. The van der Waals surface area contributed by atoms with E-state index in [1.807, 2.05) is 0 Å². The van der Waals surface area contributed by atoms with Crippen LogP contribution in [0.5, 0.6) is 28.7 Å². The lowest BCUT2D eigenvalue weighted by Gasteiger charge is -2.25. The average Bonchev–Trinajstić information content (AvgIpc) is 2.86. The number of ether oxygens (including phenoxy) is 5. The molecule has 11 nitrogen and oxygen atoms in total. The molecule has 0 saturated heterocycles. The van der Waals surface area contributed by atoms with E-state index in [1.165, 1.54) is 46.6 Å². The number of benzene rings is 2. The molecule has 0 aliphatic carbocycles. The molecule has 1 heterocycles. The molecule has 2 atom stereocenters. The molecule has 11 heteroatoms.